The fraction of sp³-hybridized carbons (Fsp3) is 0.286. The summed E-state index contributed by atoms with van der Waals surface area (Å²) in [4.78, 5) is 0. The van der Waals surface area contributed by atoms with Crippen LogP contribution in [0.4, 0.5) is 0 Å². The van der Waals surface area contributed by atoms with Gasteiger partial charge in [-0.3, -0.25) is 0 Å². The molecule has 1 unspecified atom stereocenters. The van der Waals surface area contributed by atoms with E-state index in [-0.39, 0.29) is 0 Å². The molecule has 0 saturated carbocycles. The average Bonchev–Trinajstić information content (AvgIpc) is 2.22. The van der Waals surface area contributed by atoms with Crippen molar-refractivity contribution in [1.82, 2.24) is 5.32 Å². The van der Waals surface area contributed by atoms with Gasteiger partial charge in [0.25, 0.3) is 0 Å². The molecule has 0 aromatic rings. The second kappa shape index (κ2) is 6.07. The van der Waals surface area contributed by atoms with Crippen molar-refractivity contribution < 1.29 is 0 Å². The summed E-state index contributed by atoms with van der Waals surface area (Å²) in [5, 5.41) is 3.47. The average molecular weight is 201 g/mol. The Labute approximate surface area is 92.6 Å². The van der Waals surface area contributed by atoms with Gasteiger partial charge < -0.3 is 5.32 Å². The molecule has 0 radical (unpaired) electrons. The highest BCUT2D eigenvalue weighted by atomic mass is 14.9. The molecule has 1 N–H and O–H groups in total. The molecule has 1 aliphatic carbocycles. The highest BCUT2D eigenvalue weighted by molar-refractivity contribution is 5.25. The Bertz CT molecular complexity index is 318. The van der Waals surface area contributed by atoms with E-state index in [1.807, 2.05) is 19.1 Å². The normalized spacial score (nSPS) is 25.9. The second-order valence-corrected chi connectivity index (χ2v) is 3.66. The first-order chi connectivity index (χ1) is 7.27. The Morgan fingerprint density at radius 3 is 2.67 bits per heavy atom. The van der Waals surface area contributed by atoms with Gasteiger partial charge in [0, 0.05) is 5.70 Å². The molecule has 1 nitrogen and oxygen atoms in total. The standard InChI is InChI=1S/C14H19N/c1-4-8-13(9-5-2)15-14-11-7-6-10-12(14)3/h4-12,14-15H,1H2,2-3H3/b9-5-,13-8+/t12?,14-/m0/s1. The van der Waals surface area contributed by atoms with Crippen LogP contribution in [-0.4, -0.2) is 6.04 Å². The van der Waals surface area contributed by atoms with Gasteiger partial charge in [-0.1, -0.05) is 50.0 Å². The van der Waals surface area contributed by atoms with E-state index in [9.17, 15) is 0 Å². The molecular formula is C14H19N. The van der Waals surface area contributed by atoms with E-state index < -0.39 is 0 Å². The Balaban J connectivity index is 2.66. The molecule has 0 saturated heterocycles. The largest absolute Gasteiger partial charge is 0.378 e. The number of rotatable bonds is 4. The van der Waals surface area contributed by atoms with Crippen molar-refractivity contribution in [3.8, 4) is 0 Å². The molecule has 0 heterocycles. The van der Waals surface area contributed by atoms with Crippen molar-refractivity contribution in [2.75, 3.05) is 0 Å². The van der Waals surface area contributed by atoms with E-state index in [0.717, 1.165) is 5.70 Å². The predicted molar refractivity (Wildman–Crippen MR) is 67.5 cm³/mol. The van der Waals surface area contributed by atoms with Crippen LogP contribution in [0.3, 0.4) is 0 Å². The number of hydrogen-bond donors (Lipinski definition) is 1. The van der Waals surface area contributed by atoms with Gasteiger partial charge in [-0.15, -0.1) is 0 Å². The minimum absolute atomic E-state index is 0.373. The lowest BCUT2D eigenvalue weighted by molar-refractivity contribution is 0.547. The van der Waals surface area contributed by atoms with Crippen molar-refractivity contribution in [1.29, 1.82) is 0 Å². The Kier molecular flexibility index (Phi) is 4.69. The van der Waals surface area contributed by atoms with Gasteiger partial charge in [-0.2, -0.15) is 0 Å². The number of allylic oxidation sites excluding steroid dienone is 6. The zero-order chi connectivity index (χ0) is 11.1. The lowest BCUT2D eigenvalue weighted by Gasteiger charge is -2.23. The quantitative estimate of drug-likeness (QED) is 0.688. The topological polar surface area (TPSA) is 12.0 Å². The smallest absolute Gasteiger partial charge is 0.0507 e. The molecule has 0 bridgehead atoms. The minimum atomic E-state index is 0.373. The summed E-state index contributed by atoms with van der Waals surface area (Å²) in [6.45, 7) is 7.93. The maximum atomic E-state index is 3.71. The van der Waals surface area contributed by atoms with Crippen molar-refractivity contribution in [2.24, 2.45) is 5.92 Å². The third-order valence-corrected chi connectivity index (χ3v) is 2.39. The lowest BCUT2D eigenvalue weighted by atomic mass is 9.97. The summed E-state index contributed by atoms with van der Waals surface area (Å²) in [7, 11) is 0. The van der Waals surface area contributed by atoms with Crippen LogP contribution < -0.4 is 5.32 Å². The van der Waals surface area contributed by atoms with E-state index in [1.54, 1.807) is 6.08 Å². The van der Waals surface area contributed by atoms with E-state index in [4.69, 9.17) is 0 Å². The third-order valence-electron chi connectivity index (χ3n) is 2.39. The fourth-order valence-electron chi connectivity index (χ4n) is 1.55. The first kappa shape index (κ1) is 11.6. The van der Waals surface area contributed by atoms with Crippen LogP contribution in [0.5, 0.6) is 0 Å². The molecular weight excluding hydrogens is 182 g/mol. The van der Waals surface area contributed by atoms with Gasteiger partial charge in [0.15, 0.2) is 0 Å². The van der Waals surface area contributed by atoms with E-state index in [0.29, 0.717) is 12.0 Å². The molecule has 0 spiro atoms. The van der Waals surface area contributed by atoms with Crippen LogP contribution in [0.25, 0.3) is 0 Å². The molecule has 80 valence electrons. The molecule has 0 fully saturated rings. The van der Waals surface area contributed by atoms with Gasteiger partial charge in [-0.05, 0) is 25.0 Å². The van der Waals surface area contributed by atoms with Crippen LogP contribution in [0.1, 0.15) is 13.8 Å². The van der Waals surface area contributed by atoms with Crippen molar-refractivity contribution in [3.63, 3.8) is 0 Å². The minimum Gasteiger partial charge on any atom is -0.378 e. The Morgan fingerprint density at radius 1 is 1.33 bits per heavy atom. The zero-order valence-corrected chi connectivity index (χ0v) is 9.48. The molecule has 0 aliphatic heterocycles. The monoisotopic (exact) mass is 201 g/mol. The van der Waals surface area contributed by atoms with Crippen LogP contribution in [-0.2, 0) is 0 Å². The highest BCUT2D eigenvalue weighted by Gasteiger charge is 2.13. The van der Waals surface area contributed by atoms with Gasteiger partial charge >= 0.3 is 0 Å². The van der Waals surface area contributed by atoms with Crippen LogP contribution in [0, 0.1) is 5.92 Å². The summed E-state index contributed by atoms with van der Waals surface area (Å²) >= 11 is 0. The van der Waals surface area contributed by atoms with Crippen LogP contribution in [0.2, 0.25) is 0 Å². The molecule has 15 heavy (non-hydrogen) atoms. The van der Waals surface area contributed by atoms with E-state index in [2.05, 4.69) is 49.2 Å². The van der Waals surface area contributed by atoms with Crippen molar-refractivity contribution >= 4 is 0 Å². The molecule has 1 heteroatoms. The van der Waals surface area contributed by atoms with Crippen LogP contribution in [0.15, 0.2) is 60.9 Å². The molecule has 1 aliphatic rings. The van der Waals surface area contributed by atoms with Gasteiger partial charge in [0.2, 0.25) is 0 Å². The summed E-state index contributed by atoms with van der Waals surface area (Å²) in [5.74, 6) is 0.522. The van der Waals surface area contributed by atoms with Crippen molar-refractivity contribution in [3.05, 3.63) is 60.9 Å². The van der Waals surface area contributed by atoms with Gasteiger partial charge in [0.1, 0.15) is 0 Å². The van der Waals surface area contributed by atoms with Crippen LogP contribution >= 0.6 is 0 Å². The second-order valence-electron chi connectivity index (χ2n) is 3.66. The SMILES string of the molecule is C=C/C=C(\C=C/C)N[C@H]1C=CC=CC1C. The van der Waals surface area contributed by atoms with E-state index in [1.165, 1.54) is 0 Å². The summed E-state index contributed by atoms with van der Waals surface area (Å²) in [6, 6.07) is 0.373. The molecule has 0 aromatic heterocycles. The van der Waals surface area contributed by atoms with Crippen molar-refractivity contribution in [2.45, 2.75) is 19.9 Å². The lowest BCUT2D eigenvalue weighted by Crippen LogP contribution is -2.32. The summed E-state index contributed by atoms with van der Waals surface area (Å²) < 4.78 is 0. The predicted octanol–water partition coefficient (Wildman–Crippen LogP) is 3.35. The third kappa shape index (κ3) is 3.62. The Morgan fingerprint density at radius 2 is 2.07 bits per heavy atom. The zero-order valence-electron chi connectivity index (χ0n) is 9.48. The maximum Gasteiger partial charge on any atom is 0.0507 e. The molecule has 0 amide bonds. The highest BCUT2D eigenvalue weighted by Crippen LogP contribution is 2.13. The van der Waals surface area contributed by atoms with Gasteiger partial charge in [-0.25, -0.2) is 0 Å². The Hall–Kier alpha value is -1.50. The number of hydrogen-bond acceptors (Lipinski definition) is 1. The molecule has 0 aromatic carbocycles. The fourth-order valence-corrected chi connectivity index (χ4v) is 1.55. The first-order valence-electron chi connectivity index (χ1n) is 5.35. The molecule has 2 atom stereocenters. The van der Waals surface area contributed by atoms with Gasteiger partial charge in [0.05, 0.1) is 6.04 Å². The first-order valence-corrected chi connectivity index (χ1v) is 5.35. The molecule has 1 rings (SSSR count). The summed E-state index contributed by atoms with van der Waals surface area (Å²) in [5.41, 5.74) is 1.10. The maximum absolute atomic E-state index is 3.71. The summed E-state index contributed by atoms with van der Waals surface area (Å²) in [6.07, 6.45) is 16.4. The number of nitrogens with one attached hydrogen (secondary N) is 1. The van der Waals surface area contributed by atoms with E-state index >= 15 is 0 Å².